The molecule has 2 saturated heterocycles. The number of piperidine rings is 1. The van der Waals surface area contributed by atoms with Gasteiger partial charge in [0.05, 0.1) is 6.54 Å². The topological polar surface area (TPSA) is 99.2 Å². The first-order chi connectivity index (χ1) is 14.8. The van der Waals surface area contributed by atoms with Crippen molar-refractivity contribution < 1.29 is 33.0 Å². The number of rotatable bonds is 4. The van der Waals surface area contributed by atoms with Crippen molar-refractivity contribution in [3.8, 4) is 5.75 Å². The molecular weight excluding hydrogens is 412 g/mol. The van der Waals surface area contributed by atoms with Crippen LogP contribution in [0.15, 0.2) is 42.5 Å². The molecule has 0 radical (unpaired) electrons. The fourth-order valence-corrected chi connectivity index (χ4v) is 3.62. The van der Waals surface area contributed by atoms with E-state index >= 15 is 0 Å². The summed E-state index contributed by atoms with van der Waals surface area (Å²) in [5, 5.41) is 12.6. The van der Waals surface area contributed by atoms with Gasteiger partial charge in [-0.3, -0.25) is 19.8 Å². The minimum Gasteiger partial charge on any atom is -0.487 e. The lowest BCUT2D eigenvalue weighted by molar-refractivity contribution is -0.117. The highest BCUT2D eigenvalue weighted by Gasteiger charge is 2.33. The zero-order chi connectivity index (χ0) is 22.1. The van der Waals surface area contributed by atoms with Crippen LogP contribution in [0.2, 0.25) is 0 Å². The molecule has 0 unspecified atom stereocenters. The highest BCUT2D eigenvalue weighted by Crippen LogP contribution is 2.23. The number of aliphatic hydroxyl groups excluding tert-OH is 1. The summed E-state index contributed by atoms with van der Waals surface area (Å²) < 4.78 is 32.2. The second-order valence-electron chi connectivity index (χ2n) is 7.35. The van der Waals surface area contributed by atoms with Gasteiger partial charge in [-0.2, -0.15) is 0 Å². The predicted molar refractivity (Wildman–Crippen MR) is 105 cm³/mol. The van der Waals surface area contributed by atoms with E-state index in [-0.39, 0.29) is 37.7 Å². The third-order valence-electron chi connectivity index (χ3n) is 5.15. The summed E-state index contributed by atoms with van der Waals surface area (Å²) in [6, 6.07) is 8.48. The Morgan fingerprint density at radius 1 is 1.10 bits per heavy atom. The van der Waals surface area contributed by atoms with Crippen LogP contribution < -0.4 is 15.0 Å². The van der Waals surface area contributed by atoms with Crippen molar-refractivity contribution in [2.24, 2.45) is 0 Å². The van der Waals surface area contributed by atoms with E-state index in [9.17, 15) is 28.3 Å². The number of ether oxygens (including phenoxy) is 1. The number of imide groups is 1. The van der Waals surface area contributed by atoms with Crippen LogP contribution in [0.5, 0.6) is 5.75 Å². The van der Waals surface area contributed by atoms with Gasteiger partial charge in [-0.25, -0.2) is 13.6 Å². The molecule has 4 rings (SSSR count). The van der Waals surface area contributed by atoms with Gasteiger partial charge in [0.15, 0.2) is 0 Å². The first-order valence-corrected chi connectivity index (χ1v) is 9.61. The van der Waals surface area contributed by atoms with E-state index in [0.29, 0.717) is 11.3 Å². The van der Waals surface area contributed by atoms with Crippen molar-refractivity contribution in [1.82, 2.24) is 10.2 Å². The molecule has 0 aliphatic carbocycles. The lowest BCUT2D eigenvalue weighted by atomic mass is 10.0. The molecule has 2 aromatic carbocycles. The van der Waals surface area contributed by atoms with Crippen LogP contribution >= 0.6 is 0 Å². The number of anilines is 1. The molecule has 31 heavy (non-hydrogen) atoms. The van der Waals surface area contributed by atoms with Crippen molar-refractivity contribution in [2.75, 3.05) is 24.5 Å². The Labute approximate surface area is 176 Å². The van der Waals surface area contributed by atoms with Crippen LogP contribution in [0.4, 0.5) is 19.3 Å². The molecule has 0 spiro atoms. The second-order valence-corrected chi connectivity index (χ2v) is 7.35. The number of benzene rings is 2. The van der Waals surface area contributed by atoms with E-state index in [1.54, 1.807) is 12.1 Å². The van der Waals surface area contributed by atoms with Gasteiger partial charge in [0.2, 0.25) is 5.91 Å². The van der Waals surface area contributed by atoms with Crippen LogP contribution in [0.1, 0.15) is 16.8 Å². The van der Waals surface area contributed by atoms with Crippen molar-refractivity contribution in [1.29, 1.82) is 0 Å². The fraction of sp³-hybridized carbons (Fsp3) is 0.286. The highest BCUT2D eigenvalue weighted by atomic mass is 19.1. The first kappa shape index (κ1) is 20.7. The monoisotopic (exact) mass is 431 g/mol. The van der Waals surface area contributed by atoms with E-state index in [1.807, 2.05) is 0 Å². The van der Waals surface area contributed by atoms with Crippen LogP contribution in [0.25, 0.3) is 0 Å². The van der Waals surface area contributed by atoms with Gasteiger partial charge in [-0.1, -0.05) is 0 Å². The number of aliphatic hydroxyl groups is 1. The molecule has 0 aromatic heterocycles. The maximum atomic E-state index is 13.3. The standard InChI is InChI=1S/C21H19F2N3O5/c22-13-7-14(23)9-16(8-13)31-18-5-6-25(10-17(18)27)20(29)12-1-3-15(4-2-12)26-11-19(28)24-21(26)30/h1-4,7-9,17-18,27H,5-6,10-11H2,(H,24,28,30)/t17-,18-/m1/s1. The Morgan fingerprint density at radius 2 is 1.77 bits per heavy atom. The van der Waals surface area contributed by atoms with E-state index in [1.165, 1.54) is 21.9 Å². The van der Waals surface area contributed by atoms with Crippen molar-refractivity contribution in [2.45, 2.75) is 18.6 Å². The van der Waals surface area contributed by atoms with Gasteiger partial charge in [0.1, 0.15) is 36.1 Å². The maximum absolute atomic E-state index is 13.3. The molecule has 0 bridgehead atoms. The molecule has 2 aliphatic heterocycles. The number of carbonyl (C=O) groups excluding carboxylic acids is 3. The summed E-state index contributed by atoms with van der Waals surface area (Å²) in [4.78, 5) is 38.5. The minimum absolute atomic E-state index is 0.00786. The first-order valence-electron chi connectivity index (χ1n) is 9.61. The number of nitrogens with one attached hydrogen (secondary N) is 1. The van der Waals surface area contributed by atoms with Gasteiger partial charge < -0.3 is 14.7 Å². The average molecular weight is 431 g/mol. The van der Waals surface area contributed by atoms with Gasteiger partial charge in [0.25, 0.3) is 5.91 Å². The smallest absolute Gasteiger partial charge is 0.329 e. The lowest BCUT2D eigenvalue weighted by Crippen LogP contribution is -2.51. The molecule has 2 atom stereocenters. The Morgan fingerprint density at radius 3 is 2.35 bits per heavy atom. The van der Waals surface area contributed by atoms with Gasteiger partial charge in [0, 0.05) is 42.4 Å². The molecule has 10 heteroatoms. The number of β-amino-alcohol motifs (C(OH)–C–C–N with tert-alkyl or cyclic N) is 1. The molecule has 4 amide bonds. The number of carbonyl (C=O) groups is 3. The quantitative estimate of drug-likeness (QED) is 0.718. The zero-order valence-electron chi connectivity index (χ0n) is 16.3. The zero-order valence-corrected chi connectivity index (χ0v) is 16.3. The maximum Gasteiger partial charge on any atom is 0.329 e. The molecule has 8 nitrogen and oxygen atoms in total. The number of hydrogen-bond donors (Lipinski definition) is 2. The third kappa shape index (κ3) is 4.48. The molecule has 0 saturated carbocycles. The Balaban J connectivity index is 1.38. The van der Waals surface area contributed by atoms with Crippen molar-refractivity contribution in [3.05, 3.63) is 59.7 Å². The normalized spacial score (nSPS) is 21.3. The fourth-order valence-electron chi connectivity index (χ4n) is 3.62. The van der Waals surface area contributed by atoms with E-state index in [2.05, 4.69) is 5.32 Å². The van der Waals surface area contributed by atoms with Gasteiger partial charge in [-0.05, 0) is 24.3 Å². The number of amides is 4. The van der Waals surface area contributed by atoms with Crippen LogP contribution in [-0.2, 0) is 4.79 Å². The summed E-state index contributed by atoms with van der Waals surface area (Å²) in [5.74, 6) is -2.30. The third-order valence-corrected chi connectivity index (χ3v) is 5.15. The summed E-state index contributed by atoms with van der Waals surface area (Å²) in [7, 11) is 0. The van der Waals surface area contributed by atoms with E-state index < -0.39 is 35.8 Å². The number of nitrogens with zero attached hydrogens (tertiary/aromatic N) is 2. The number of halogens is 2. The van der Waals surface area contributed by atoms with E-state index in [4.69, 9.17) is 4.74 Å². The largest absolute Gasteiger partial charge is 0.487 e. The second kappa shape index (κ2) is 8.31. The van der Waals surface area contributed by atoms with Gasteiger partial charge >= 0.3 is 6.03 Å². The summed E-state index contributed by atoms with van der Waals surface area (Å²) >= 11 is 0. The Hall–Kier alpha value is -3.53. The molecule has 2 aromatic rings. The molecule has 2 N–H and O–H groups in total. The number of likely N-dealkylation sites (tertiary alicyclic amines) is 1. The number of urea groups is 1. The SMILES string of the molecule is O=C1CN(c2ccc(C(=O)N3CC[C@@H](Oc4cc(F)cc(F)c4)[C@H](O)C3)cc2)C(=O)N1. The van der Waals surface area contributed by atoms with Gasteiger partial charge in [-0.15, -0.1) is 0 Å². The lowest BCUT2D eigenvalue weighted by Gasteiger charge is -2.36. The summed E-state index contributed by atoms with van der Waals surface area (Å²) in [6.45, 7) is 0.191. The van der Waals surface area contributed by atoms with Crippen LogP contribution in [0.3, 0.4) is 0 Å². The Bertz CT molecular complexity index is 1010. The van der Waals surface area contributed by atoms with E-state index in [0.717, 1.165) is 18.2 Å². The minimum atomic E-state index is -1.04. The predicted octanol–water partition coefficient (Wildman–Crippen LogP) is 1.68. The Kier molecular flexibility index (Phi) is 5.55. The molecule has 2 fully saturated rings. The molecule has 162 valence electrons. The number of hydrogen-bond acceptors (Lipinski definition) is 5. The summed E-state index contributed by atoms with van der Waals surface area (Å²) in [6.07, 6.45) is -1.47. The van der Waals surface area contributed by atoms with Crippen molar-refractivity contribution in [3.63, 3.8) is 0 Å². The molecule has 2 heterocycles. The van der Waals surface area contributed by atoms with Crippen molar-refractivity contribution >= 4 is 23.5 Å². The van der Waals surface area contributed by atoms with Crippen LogP contribution in [0, 0.1) is 11.6 Å². The average Bonchev–Trinajstić information content (AvgIpc) is 3.06. The van der Waals surface area contributed by atoms with Crippen LogP contribution in [-0.4, -0.2) is 59.7 Å². The highest BCUT2D eigenvalue weighted by molar-refractivity contribution is 6.12. The summed E-state index contributed by atoms with van der Waals surface area (Å²) in [5.41, 5.74) is 0.836. The molecular formula is C21H19F2N3O5. The molecule has 2 aliphatic rings.